The van der Waals surface area contributed by atoms with E-state index in [2.05, 4.69) is 16.9 Å². The Morgan fingerprint density at radius 3 is 3.12 bits per heavy atom. The Morgan fingerprint density at radius 1 is 1.47 bits per heavy atom. The van der Waals surface area contributed by atoms with Crippen molar-refractivity contribution in [2.75, 3.05) is 0 Å². The first-order valence-corrected chi connectivity index (χ1v) is 6.22. The van der Waals surface area contributed by atoms with E-state index >= 15 is 0 Å². The zero-order valence-corrected chi connectivity index (χ0v) is 10.0. The summed E-state index contributed by atoms with van der Waals surface area (Å²) in [6.45, 7) is 2.08. The number of oxazole rings is 1. The number of nitrogens with zero attached hydrogens (tertiary/aromatic N) is 1. The van der Waals surface area contributed by atoms with Gasteiger partial charge in [0.15, 0.2) is 5.58 Å². The molecule has 0 atom stereocenters. The SMILES string of the molecule is CCc1nc(-c2ccc3oc(=O)[nH]c3c2)cs1. The lowest BCUT2D eigenvalue weighted by molar-refractivity contribution is 0.555. The van der Waals surface area contributed by atoms with Crippen LogP contribution in [-0.2, 0) is 6.42 Å². The number of rotatable bonds is 2. The number of benzene rings is 1. The van der Waals surface area contributed by atoms with Crippen LogP contribution in [0.3, 0.4) is 0 Å². The van der Waals surface area contributed by atoms with E-state index in [0.717, 1.165) is 22.7 Å². The van der Waals surface area contributed by atoms with Crippen molar-refractivity contribution in [1.82, 2.24) is 9.97 Å². The molecule has 4 nitrogen and oxygen atoms in total. The van der Waals surface area contributed by atoms with Crippen molar-refractivity contribution in [3.8, 4) is 11.3 Å². The number of hydrogen-bond acceptors (Lipinski definition) is 4. The molecular weight excluding hydrogens is 236 g/mol. The molecule has 1 N–H and O–H groups in total. The first-order chi connectivity index (χ1) is 8.26. The highest BCUT2D eigenvalue weighted by molar-refractivity contribution is 7.09. The van der Waals surface area contributed by atoms with Crippen LogP contribution in [0.2, 0.25) is 0 Å². The molecule has 0 bridgehead atoms. The summed E-state index contributed by atoms with van der Waals surface area (Å²) in [7, 11) is 0. The molecule has 0 aliphatic rings. The van der Waals surface area contributed by atoms with Crippen molar-refractivity contribution in [2.45, 2.75) is 13.3 Å². The minimum Gasteiger partial charge on any atom is -0.408 e. The van der Waals surface area contributed by atoms with Crippen molar-refractivity contribution < 1.29 is 4.42 Å². The number of aromatic nitrogens is 2. The Hall–Kier alpha value is -1.88. The lowest BCUT2D eigenvalue weighted by Crippen LogP contribution is -1.92. The zero-order chi connectivity index (χ0) is 11.8. The number of aryl methyl sites for hydroxylation is 1. The second-order valence-corrected chi connectivity index (χ2v) is 4.65. The predicted octanol–water partition coefficient (Wildman–Crippen LogP) is 2.81. The van der Waals surface area contributed by atoms with Crippen molar-refractivity contribution in [1.29, 1.82) is 0 Å². The summed E-state index contributed by atoms with van der Waals surface area (Å²) in [5.74, 6) is -0.426. The quantitative estimate of drug-likeness (QED) is 0.756. The van der Waals surface area contributed by atoms with Crippen molar-refractivity contribution in [2.24, 2.45) is 0 Å². The van der Waals surface area contributed by atoms with E-state index in [0.29, 0.717) is 11.1 Å². The average Bonchev–Trinajstić information content (AvgIpc) is 2.92. The van der Waals surface area contributed by atoms with Gasteiger partial charge in [-0.15, -0.1) is 11.3 Å². The molecule has 0 unspecified atom stereocenters. The van der Waals surface area contributed by atoms with Gasteiger partial charge < -0.3 is 4.42 Å². The third-order valence-electron chi connectivity index (χ3n) is 2.57. The molecule has 3 rings (SSSR count). The Labute approximate surface area is 101 Å². The highest BCUT2D eigenvalue weighted by atomic mass is 32.1. The van der Waals surface area contributed by atoms with Gasteiger partial charge in [-0.2, -0.15) is 0 Å². The smallest absolute Gasteiger partial charge is 0.408 e. The van der Waals surface area contributed by atoms with E-state index in [1.165, 1.54) is 0 Å². The third-order valence-corrected chi connectivity index (χ3v) is 3.56. The van der Waals surface area contributed by atoms with E-state index < -0.39 is 5.76 Å². The zero-order valence-electron chi connectivity index (χ0n) is 9.19. The summed E-state index contributed by atoms with van der Waals surface area (Å²) in [6.07, 6.45) is 0.940. The van der Waals surface area contributed by atoms with Gasteiger partial charge >= 0.3 is 5.76 Å². The summed E-state index contributed by atoms with van der Waals surface area (Å²) in [4.78, 5) is 18.2. The Balaban J connectivity index is 2.13. The number of nitrogens with one attached hydrogen (secondary N) is 1. The summed E-state index contributed by atoms with van der Waals surface area (Å²) in [6, 6.07) is 5.58. The molecular formula is C12H10N2O2S. The Morgan fingerprint density at radius 2 is 2.35 bits per heavy atom. The molecule has 5 heteroatoms. The van der Waals surface area contributed by atoms with Crippen LogP contribution in [0.25, 0.3) is 22.4 Å². The van der Waals surface area contributed by atoms with Gasteiger partial charge in [-0.1, -0.05) is 6.92 Å². The molecule has 17 heavy (non-hydrogen) atoms. The molecule has 0 saturated heterocycles. The molecule has 2 heterocycles. The molecule has 0 aliphatic heterocycles. The number of aromatic amines is 1. The van der Waals surface area contributed by atoms with Crippen LogP contribution < -0.4 is 5.76 Å². The van der Waals surface area contributed by atoms with Crippen molar-refractivity contribution in [3.05, 3.63) is 39.1 Å². The fraction of sp³-hybridized carbons (Fsp3) is 0.167. The Bertz CT molecular complexity index is 723. The Kier molecular flexibility index (Phi) is 2.33. The molecule has 0 spiro atoms. The molecule has 3 aromatic rings. The summed E-state index contributed by atoms with van der Waals surface area (Å²) in [5.41, 5.74) is 3.21. The van der Waals surface area contributed by atoms with Gasteiger partial charge in [-0.25, -0.2) is 9.78 Å². The van der Waals surface area contributed by atoms with Gasteiger partial charge in [0, 0.05) is 10.9 Å². The molecule has 0 radical (unpaired) electrons. The molecule has 0 saturated carbocycles. The van der Waals surface area contributed by atoms with Gasteiger partial charge in [0.2, 0.25) is 0 Å². The fourth-order valence-electron chi connectivity index (χ4n) is 1.72. The second-order valence-electron chi connectivity index (χ2n) is 3.71. The topological polar surface area (TPSA) is 58.9 Å². The van der Waals surface area contributed by atoms with Crippen LogP contribution in [0.1, 0.15) is 11.9 Å². The normalized spacial score (nSPS) is 11.1. The van der Waals surface area contributed by atoms with Gasteiger partial charge in [-0.3, -0.25) is 4.98 Å². The van der Waals surface area contributed by atoms with Crippen LogP contribution >= 0.6 is 11.3 Å². The average molecular weight is 246 g/mol. The molecule has 0 fully saturated rings. The van der Waals surface area contributed by atoms with E-state index in [1.807, 2.05) is 17.5 Å². The van der Waals surface area contributed by atoms with Crippen LogP contribution in [0.5, 0.6) is 0 Å². The molecule has 1 aromatic carbocycles. The minimum absolute atomic E-state index is 0.426. The summed E-state index contributed by atoms with van der Waals surface area (Å²) < 4.78 is 4.96. The fourth-order valence-corrected chi connectivity index (χ4v) is 2.47. The highest BCUT2D eigenvalue weighted by Crippen LogP contribution is 2.24. The molecule has 0 amide bonds. The van der Waals surface area contributed by atoms with E-state index in [-0.39, 0.29) is 0 Å². The van der Waals surface area contributed by atoms with Gasteiger partial charge in [0.05, 0.1) is 16.2 Å². The van der Waals surface area contributed by atoms with Crippen LogP contribution in [0.4, 0.5) is 0 Å². The standard InChI is InChI=1S/C12H10N2O2S/c1-2-11-13-9(6-17-11)7-3-4-10-8(5-7)14-12(15)16-10/h3-6H,2H2,1H3,(H,14,15). The van der Waals surface area contributed by atoms with E-state index in [1.54, 1.807) is 17.4 Å². The lowest BCUT2D eigenvalue weighted by Gasteiger charge is -1.95. The second kappa shape index (κ2) is 3.85. The van der Waals surface area contributed by atoms with Crippen molar-refractivity contribution >= 4 is 22.4 Å². The first-order valence-electron chi connectivity index (χ1n) is 5.34. The number of fused-ring (bicyclic) bond motifs is 1. The molecule has 0 aliphatic carbocycles. The molecule has 2 aromatic heterocycles. The van der Waals surface area contributed by atoms with E-state index in [9.17, 15) is 4.79 Å². The van der Waals surface area contributed by atoms with Gasteiger partial charge in [-0.05, 0) is 24.6 Å². The molecule has 86 valence electrons. The number of thiazole rings is 1. The number of hydrogen-bond donors (Lipinski definition) is 1. The first kappa shape index (κ1) is 10.3. The van der Waals surface area contributed by atoms with Crippen LogP contribution in [0.15, 0.2) is 32.8 Å². The van der Waals surface area contributed by atoms with Crippen LogP contribution in [-0.4, -0.2) is 9.97 Å². The lowest BCUT2D eigenvalue weighted by atomic mass is 10.1. The maximum absolute atomic E-state index is 11.1. The van der Waals surface area contributed by atoms with Crippen LogP contribution in [0, 0.1) is 0 Å². The largest absolute Gasteiger partial charge is 0.417 e. The minimum atomic E-state index is -0.426. The van der Waals surface area contributed by atoms with E-state index in [4.69, 9.17) is 4.42 Å². The predicted molar refractivity (Wildman–Crippen MR) is 67.3 cm³/mol. The highest BCUT2D eigenvalue weighted by Gasteiger charge is 2.06. The third kappa shape index (κ3) is 1.78. The summed E-state index contributed by atoms with van der Waals surface area (Å²) >= 11 is 1.65. The maximum atomic E-state index is 11.1. The van der Waals surface area contributed by atoms with Gasteiger partial charge in [0.25, 0.3) is 0 Å². The number of H-pyrrole nitrogens is 1. The summed E-state index contributed by atoms with van der Waals surface area (Å²) in [5, 5.41) is 3.14. The van der Waals surface area contributed by atoms with Gasteiger partial charge in [0.1, 0.15) is 0 Å². The monoisotopic (exact) mass is 246 g/mol. The van der Waals surface area contributed by atoms with Crippen molar-refractivity contribution in [3.63, 3.8) is 0 Å². The maximum Gasteiger partial charge on any atom is 0.417 e.